The van der Waals surface area contributed by atoms with Crippen molar-refractivity contribution < 1.29 is 14.4 Å². The first-order chi connectivity index (χ1) is 14.1. The van der Waals surface area contributed by atoms with Crippen LogP contribution in [0.4, 0.5) is 11.4 Å². The maximum absolute atomic E-state index is 11.6. The van der Waals surface area contributed by atoms with Crippen LogP contribution in [0.25, 0.3) is 0 Å². The minimum atomic E-state index is -0.492. The van der Waals surface area contributed by atoms with Crippen molar-refractivity contribution in [3.8, 4) is 11.5 Å². The number of methoxy groups -OCH3 is 1. The van der Waals surface area contributed by atoms with Crippen molar-refractivity contribution in [1.29, 1.82) is 0 Å². The second-order valence-electron chi connectivity index (χ2n) is 6.34. The van der Waals surface area contributed by atoms with Crippen molar-refractivity contribution in [3.63, 3.8) is 0 Å². The van der Waals surface area contributed by atoms with Crippen LogP contribution in [0.2, 0.25) is 0 Å². The predicted molar refractivity (Wildman–Crippen MR) is 113 cm³/mol. The summed E-state index contributed by atoms with van der Waals surface area (Å²) in [6.07, 6.45) is 1.50. The van der Waals surface area contributed by atoms with E-state index in [-0.39, 0.29) is 23.8 Å². The summed E-state index contributed by atoms with van der Waals surface area (Å²) in [5.41, 5.74) is 6.09. The third kappa shape index (κ3) is 5.32. The van der Waals surface area contributed by atoms with Gasteiger partial charge in [0.25, 0.3) is 0 Å². The summed E-state index contributed by atoms with van der Waals surface area (Å²) in [5.74, 6) is 0.358. The van der Waals surface area contributed by atoms with E-state index in [4.69, 9.17) is 9.47 Å². The van der Waals surface area contributed by atoms with E-state index < -0.39 is 4.92 Å². The Morgan fingerprint density at radius 2 is 1.83 bits per heavy atom. The molecule has 3 aromatic rings. The molecule has 0 heterocycles. The summed E-state index contributed by atoms with van der Waals surface area (Å²) in [6.45, 7) is 2.19. The first kappa shape index (κ1) is 19.9. The van der Waals surface area contributed by atoms with Crippen LogP contribution in [0.5, 0.6) is 11.5 Å². The number of nitro benzene ring substituents is 1. The predicted octanol–water partition coefficient (Wildman–Crippen LogP) is 4.94. The molecule has 0 aliphatic rings. The standard InChI is InChI=1S/C22H21N3O4/c1-16-8-10-19(11-9-16)24-23-14-18-12-20(25(26)27)22(21(13-18)28-2)29-15-17-6-4-3-5-7-17/h3-14,24H,15H2,1-2H3/b23-14+. The molecule has 0 spiro atoms. The Morgan fingerprint density at radius 1 is 1.10 bits per heavy atom. The molecule has 29 heavy (non-hydrogen) atoms. The number of rotatable bonds is 8. The SMILES string of the molecule is COc1cc(/C=N/Nc2ccc(C)cc2)cc([N+](=O)[O-])c1OCc1ccccc1. The van der Waals surface area contributed by atoms with Crippen LogP contribution in [-0.4, -0.2) is 18.2 Å². The second-order valence-corrected chi connectivity index (χ2v) is 6.34. The van der Waals surface area contributed by atoms with E-state index in [2.05, 4.69) is 10.5 Å². The minimum Gasteiger partial charge on any atom is -0.493 e. The van der Waals surface area contributed by atoms with Crippen LogP contribution in [-0.2, 0) is 6.61 Å². The van der Waals surface area contributed by atoms with E-state index >= 15 is 0 Å². The maximum atomic E-state index is 11.6. The monoisotopic (exact) mass is 391 g/mol. The lowest BCUT2D eigenvalue weighted by Gasteiger charge is -2.12. The van der Waals surface area contributed by atoms with Gasteiger partial charge in [0.2, 0.25) is 5.75 Å². The Balaban J connectivity index is 1.81. The maximum Gasteiger partial charge on any atom is 0.315 e. The van der Waals surface area contributed by atoms with E-state index in [1.165, 1.54) is 19.4 Å². The van der Waals surface area contributed by atoms with Crippen LogP contribution in [0, 0.1) is 17.0 Å². The largest absolute Gasteiger partial charge is 0.493 e. The number of nitrogens with zero attached hydrogens (tertiary/aromatic N) is 2. The van der Waals surface area contributed by atoms with Gasteiger partial charge < -0.3 is 9.47 Å². The molecule has 1 N–H and O–H groups in total. The number of nitrogens with one attached hydrogen (secondary N) is 1. The summed E-state index contributed by atoms with van der Waals surface area (Å²) < 4.78 is 11.1. The highest BCUT2D eigenvalue weighted by Crippen LogP contribution is 2.38. The summed E-state index contributed by atoms with van der Waals surface area (Å²) >= 11 is 0. The van der Waals surface area contributed by atoms with E-state index in [1.54, 1.807) is 6.07 Å². The highest BCUT2D eigenvalue weighted by atomic mass is 16.6. The van der Waals surface area contributed by atoms with Crippen LogP contribution >= 0.6 is 0 Å². The van der Waals surface area contributed by atoms with E-state index in [1.807, 2.05) is 61.5 Å². The fourth-order valence-electron chi connectivity index (χ4n) is 2.65. The zero-order valence-corrected chi connectivity index (χ0v) is 16.2. The number of ether oxygens (including phenoxy) is 2. The molecular weight excluding hydrogens is 370 g/mol. The topological polar surface area (TPSA) is 86.0 Å². The third-order valence-corrected chi connectivity index (χ3v) is 4.16. The third-order valence-electron chi connectivity index (χ3n) is 4.16. The summed E-state index contributed by atoms with van der Waals surface area (Å²) in [6, 6.07) is 20.2. The number of hydrogen-bond donors (Lipinski definition) is 1. The molecule has 7 heteroatoms. The molecule has 0 unspecified atom stereocenters. The van der Waals surface area contributed by atoms with Gasteiger partial charge in [0.05, 0.1) is 23.9 Å². The van der Waals surface area contributed by atoms with Crippen molar-refractivity contribution in [1.82, 2.24) is 0 Å². The van der Waals surface area contributed by atoms with E-state index in [0.29, 0.717) is 5.56 Å². The number of hydrogen-bond acceptors (Lipinski definition) is 6. The molecule has 0 amide bonds. The van der Waals surface area contributed by atoms with Crippen molar-refractivity contribution in [2.75, 3.05) is 12.5 Å². The lowest BCUT2D eigenvalue weighted by atomic mass is 10.1. The number of hydrazone groups is 1. The molecular formula is C22H21N3O4. The number of benzene rings is 3. The van der Waals surface area contributed by atoms with Gasteiger partial charge in [-0.25, -0.2) is 0 Å². The van der Waals surface area contributed by atoms with Crippen LogP contribution in [0.3, 0.4) is 0 Å². The molecule has 0 saturated heterocycles. The number of anilines is 1. The van der Waals surface area contributed by atoms with Gasteiger partial charge in [-0.1, -0.05) is 48.0 Å². The van der Waals surface area contributed by atoms with Crippen molar-refractivity contribution in [2.24, 2.45) is 5.10 Å². The average molecular weight is 391 g/mol. The Kier molecular flexibility index (Phi) is 6.42. The molecule has 3 aromatic carbocycles. The first-order valence-corrected chi connectivity index (χ1v) is 8.95. The van der Waals surface area contributed by atoms with Crippen molar-refractivity contribution >= 4 is 17.6 Å². The molecule has 0 bridgehead atoms. The molecule has 0 aliphatic carbocycles. The van der Waals surface area contributed by atoms with Crippen LogP contribution in [0.1, 0.15) is 16.7 Å². The van der Waals surface area contributed by atoms with Gasteiger partial charge in [-0.3, -0.25) is 15.5 Å². The van der Waals surface area contributed by atoms with Crippen LogP contribution < -0.4 is 14.9 Å². The molecule has 0 atom stereocenters. The molecule has 0 fully saturated rings. The Morgan fingerprint density at radius 3 is 2.48 bits per heavy atom. The zero-order valence-electron chi connectivity index (χ0n) is 16.2. The Bertz CT molecular complexity index is 1000. The normalized spacial score (nSPS) is 10.7. The summed E-state index contributed by atoms with van der Waals surface area (Å²) in [4.78, 5) is 11.1. The molecule has 148 valence electrons. The second kappa shape index (κ2) is 9.36. The highest BCUT2D eigenvalue weighted by Gasteiger charge is 2.22. The summed E-state index contributed by atoms with van der Waals surface area (Å²) in [7, 11) is 1.44. The lowest BCUT2D eigenvalue weighted by Crippen LogP contribution is -2.03. The van der Waals surface area contributed by atoms with Gasteiger partial charge in [0.15, 0.2) is 5.75 Å². The molecule has 0 saturated carbocycles. The van der Waals surface area contributed by atoms with Gasteiger partial charge in [0, 0.05) is 11.6 Å². The average Bonchev–Trinajstić information content (AvgIpc) is 2.74. The molecule has 0 aliphatic heterocycles. The van der Waals surface area contributed by atoms with E-state index in [9.17, 15) is 10.1 Å². The smallest absolute Gasteiger partial charge is 0.315 e. The highest BCUT2D eigenvalue weighted by molar-refractivity contribution is 5.83. The quantitative estimate of drug-likeness (QED) is 0.334. The molecule has 0 radical (unpaired) electrons. The fraction of sp³-hybridized carbons (Fsp3) is 0.136. The summed E-state index contributed by atoms with van der Waals surface area (Å²) in [5, 5.41) is 15.7. The first-order valence-electron chi connectivity index (χ1n) is 8.95. The fourth-order valence-corrected chi connectivity index (χ4v) is 2.65. The lowest BCUT2D eigenvalue weighted by molar-refractivity contribution is -0.386. The minimum absolute atomic E-state index is 0.0880. The van der Waals surface area contributed by atoms with E-state index in [0.717, 1.165) is 16.8 Å². The van der Waals surface area contributed by atoms with Crippen molar-refractivity contribution in [3.05, 3.63) is 93.5 Å². The van der Waals surface area contributed by atoms with Gasteiger partial charge in [-0.2, -0.15) is 5.10 Å². The van der Waals surface area contributed by atoms with Gasteiger partial charge >= 0.3 is 5.69 Å². The van der Waals surface area contributed by atoms with Gasteiger partial charge in [0.1, 0.15) is 6.61 Å². The van der Waals surface area contributed by atoms with Gasteiger partial charge in [-0.15, -0.1) is 0 Å². The van der Waals surface area contributed by atoms with Gasteiger partial charge in [-0.05, 0) is 30.7 Å². The Hall–Kier alpha value is -3.87. The molecule has 0 aromatic heterocycles. The number of nitro groups is 1. The zero-order chi connectivity index (χ0) is 20.6. The van der Waals surface area contributed by atoms with Crippen LogP contribution in [0.15, 0.2) is 71.8 Å². The molecule has 7 nitrogen and oxygen atoms in total. The number of aryl methyl sites for hydroxylation is 1. The molecule has 3 rings (SSSR count). The Labute approximate surface area is 168 Å². The van der Waals surface area contributed by atoms with Crippen molar-refractivity contribution in [2.45, 2.75) is 13.5 Å².